The average molecular weight is 541 g/mol. The first-order valence-electron chi connectivity index (χ1n) is 12.4. The van der Waals surface area contributed by atoms with Crippen LogP contribution in [0, 0.1) is 11.7 Å². The third-order valence-corrected chi connectivity index (χ3v) is 5.88. The average Bonchev–Trinajstić information content (AvgIpc) is 2.86. The number of pyridine rings is 1. The van der Waals surface area contributed by atoms with Crippen LogP contribution in [0.25, 0.3) is 0 Å². The molecule has 3 N–H and O–H groups in total. The lowest BCUT2D eigenvalue weighted by Gasteiger charge is -2.34. The van der Waals surface area contributed by atoms with Crippen LogP contribution in [0.2, 0.25) is 0 Å². The Labute approximate surface area is 218 Å². The molecule has 0 bridgehead atoms. The van der Waals surface area contributed by atoms with Gasteiger partial charge in [-0.05, 0) is 18.1 Å². The molecule has 1 aliphatic heterocycles. The summed E-state index contributed by atoms with van der Waals surface area (Å²) in [5.74, 6) is -2.14. The summed E-state index contributed by atoms with van der Waals surface area (Å²) >= 11 is 0. The third kappa shape index (κ3) is 7.64. The van der Waals surface area contributed by atoms with Crippen LogP contribution in [0.5, 0.6) is 5.88 Å². The molecule has 1 fully saturated rings. The number of nitrogens with one attached hydrogen (secondary N) is 3. The van der Waals surface area contributed by atoms with Crippen LogP contribution in [0.3, 0.4) is 0 Å². The highest BCUT2D eigenvalue weighted by Crippen LogP contribution is 2.38. The number of rotatable bonds is 11. The van der Waals surface area contributed by atoms with Crippen molar-refractivity contribution in [2.75, 3.05) is 19.8 Å². The highest BCUT2D eigenvalue weighted by molar-refractivity contribution is 5.78. The van der Waals surface area contributed by atoms with Gasteiger partial charge in [0.25, 0.3) is 0 Å². The molecule has 1 saturated heterocycles. The van der Waals surface area contributed by atoms with Crippen molar-refractivity contribution < 1.29 is 36.6 Å². The van der Waals surface area contributed by atoms with E-state index in [0.29, 0.717) is 31.3 Å². The second-order valence-electron chi connectivity index (χ2n) is 9.18. The van der Waals surface area contributed by atoms with Crippen LogP contribution in [-0.4, -0.2) is 36.6 Å². The van der Waals surface area contributed by atoms with Crippen molar-refractivity contribution in [1.82, 2.24) is 20.9 Å². The number of alkyl halides is 3. The van der Waals surface area contributed by atoms with Gasteiger partial charge >= 0.3 is 6.18 Å². The number of halogens is 4. The van der Waals surface area contributed by atoms with E-state index in [2.05, 4.69) is 20.9 Å². The number of hydrogen-bond acceptors (Lipinski definition) is 6. The van der Waals surface area contributed by atoms with Gasteiger partial charge in [0.2, 0.25) is 17.7 Å². The fraction of sp³-hybridized carbons (Fsp3) is 0.500. The molecule has 3 rings (SSSR count). The Bertz CT molecular complexity index is 1110. The Morgan fingerprint density at radius 2 is 1.95 bits per heavy atom. The minimum atomic E-state index is -4.88. The van der Waals surface area contributed by atoms with Crippen molar-refractivity contribution >= 4 is 11.8 Å². The normalized spacial score (nSPS) is 17.8. The lowest BCUT2D eigenvalue weighted by molar-refractivity contribution is -0.139. The number of carbonyl (C=O) groups excluding carboxylic acids is 2. The van der Waals surface area contributed by atoms with Crippen molar-refractivity contribution in [2.45, 2.75) is 58.5 Å². The minimum Gasteiger partial charge on any atom is -0.475 e. The summed E-state index contributed by atoms with van der Waals surface area (Å²) in [6, 6.07) is 4.23. The maximum Gasteiger partial charge on any atom is 0.416 e. The van der Waals surface area contributed by atoms with Gasteiger partial charge in [0.05, 0.1) is 12.2 Å². The fourth-order valence-electron chi connectivity index (χ4n) is 3.90. The van der Waals surface area contributed by atoms with Crippen molar-refractivity contribution in [2.24, 2.45) is 5.92 Å². The van der Waals surface area contributed by atoms with Crippen LogP contribution >= 0.6 is 0 Å². The summed E-state index contributed by atoms with van der Waals surface area (Å²) in [6.07, 6.45) is -4.09. The first-order chi connectivity index (χ1) is 18.0. The van der Waals surface area contributed by atoms with Gasteiger partial charge in [0, 0.05) is 54.9 Å². The van der Waals surface area contributed by atoms with E-state index >= 15 is 4.39 Å². The van der Waals surface area contributed by atoms with Crippen molar-refractivity contribution in [1.29, 1.82) is 0 Å². The molecule has 0 saturated carbocycles. The quantitative estimate of drug-likeness (QED) is 0.292. The van der Waals surface area contributed by atoms with Gasteiger partial charge in [-0.15, -0.1) is 0 Å². The zero-order valence-corrected chi connectivity index (χ0v) is 21.5. The summed E-state index contributed by atoms with van der Waals surface area (Å²) < 4.78 is 67.9. The maximum atomic E-state index is 15.5. The molecule has 38 heavy (non-hydrogen) atoms. The summed E-state index contributed by atoms with van der Waals surface area (Å²) in [7, 11) is 0. The van der Waals surface area contributed by atoms with E-state index in [1.54, 1.807) is 26.0 Å². The summed E-state index contributed by atoms with van der Waals surface area (Å²) in [6.45, 7) is 6.30. The molecule has 0 radical (unpaired) electrons. The molecule has 1 aromatic carbocycles. The van der Waals surface area contributed by atoms with Crippen LogP contribution in [-0.2, 0) is 27.0 Å². The molecular weight excluding hydrogens is 508 g/mol. The smallest absolute Gasteiger partial charge is 0.416 e. The second kappa shape index (κ2) is 13.0. The largest absolute Gasteiger partial charge is 0.475 e. The van der Waals surface area contributed by atoms with E-state index in [0.717, 1.165) is 18.6 Å². The second-order valence-corrected chi connectivity index (χ2v) is 9.18. The first kappa shape index (κ1) is 29.3. The third-order valence-electron chi connectivity index (χ3n) is 5.88. The van der Waals surface area contributed by atoms with E-state index in [1.807, 2.05) is 6.92 Å². The van der Waals surface area contributed by atoms with Gasteiger partial charge in [0.1, 0.15) is 18.6 Å². The van der Waals surface area contributed by atoms with Gasteiger partial charge in [-0.1, -0.05) is 32.9 Å². The number of carbonyl (C=O) groups is 2. The lowest BCUT2D eigenvalue weighted by atomic mass is 9.95. The summed E-state index contributed by atoms with van der Waals surface area (Å²) in [5.41, 5.74) is -1.58. The minimum absolute atomic E-state index is 0.0870. The topological polar surface area (TPSA) is 102 Å². The Kier molecular flexibility index (Phi) is 10.0. The fourth-order valence-corrected chi connectivity index (χ4v) is 3.90. The van der Waals surface area contributed by atoms with Crippen molar-refractivity contribution in [3.63, 3.8) is 0 Å². The highest BCUT2D eigenvalue weighted by Gasteiger charge is 2.40. The first-order valence-corrected chi connectivity index (χ1v) is 12.4. The zero-order valence-electron chi connectivity index (χ0n) is 21.5. The predicted molar refractivity (Wildman–Crippen MR) is 130 cm³/mol. The summed E-state index contributed by atoms with van der Waals surface area (Å²) in [4.78, 5) is 28.6. The maximum absolute atomic E-state index is 15.5. The number of ether oxygens (including phenoxy) is 2. The lowest BCUT2D eigenvalue weighted by Crippen LogP contribution is -2.47. The molecular formula is C26H32F4N4O4. The molecule has 208 valence electrons. The Morgan fingerprint density at radius 3 is 2.58 bits per heavy atom. The number of nitrogens with zero attached hydrogens (tertiary/aromatic N) is 1. The Balaban J connectivity index is 1.82. The molecule has 0 aliphatic carbocycles. The molecule has 2 amide bonds. The van der Waals surface area contributed by atoms with Crippen LogP contribution in [0.1, 0.15) is 68.1 Å². The van der Waals surface area contributed by atoms with Gasteiger partial charge < -0.3 is 20.1 Å². The van der Waals surface area contributed by atoms with Gasteiger partial charge in [-0.2, -0.15) is 13.2 Å². The van der Waals surface area contributed by atoms with Gasteiger partial charge in [0.15, 0.2) is 0 Å². The molecule has 2 unspecified atom stereocenters. The van der Waals surface area contributed by atoms with Crippen LogP contribution in [0.4, 0.5) is 17.6 Å². The standard InChI is InChI=1S/C26H32F4N4O4/c1-4-9-37-10-11-38-21-8-6-16(13-31-21)19-12-20(35)34-24(33-19)22-18(26(28,29)30)7-5-17(23(22)27)14-32-25(36)15(2)3/h5-8,13,15,19,24,33H,4,9-12,14H2,1-3H3,(H,32,36)(H,34,35). The van der Waals surface area contributed by atoms with Crippen molar-refractivity contribution in [3.8, 4) is 5.88 Å². The number of hydrogen-bond donors (Lipinski definition) is 3. The molecule has 2 heterocycles. The zero-order chi connectivity index (χ0) is 27.9. The van der Waals surface area contributed by atoms with Gasteiger partial charge in [-0.3, -0.25) is 14.9 Å². The van der Waals surface area contributed by atoms with Crippen molar-refractivity contribution in [3.05, 3.63) is 58.5 Å². The number of benzene rings is 1. The monoisotopic (exact) mass is 540 g/mol. The van der Waals surface area contributed by atoms with Gasteiger partial charge in [-0.25, -0.2) is 9.37 Å². The Hall–Kier alpha value is -3.25. The number of amides is 2. The van der Waals surface area contributed by atoms with E-state index in [1.165, 1.54) is 6.20 Å². The molecule has 1 aliphatic rings. The Morgan fingerprint density at radius 1 is 1.18 bits per heavy atom. The van der Waals surface area contributed by atoms with Crippen LogP contribution < -0.4 is 20.7 Å². The predicted octanol–water partition coefficient (Wildman–Crippen LogP) is 4.17. The molecule has 12 heteroatoms. The molecule has 2 atom stereocenters. The SMILES string of the molecule is CCCOCCOc1ccc(C2CC(=O)NC(c3c(C(F)(F)F)ccc(CNC(=O)C(C)C)c3F)N2)cn1. The van der Waals surface area contributed by atoms with E-state index in [-0.39, 0.29) is 30.4 Å². The molecule has 2 aromatic rings. The highest BCUT2D eigenvalue weighted by atomic mass is 19.4. The van der Waals surface area contributed by atoms with E-state index in [4.69, 9.17) is 9.47 Å². The molecule has 8 nitrogen and oxygen atoms in total. The summed E-state index contributed by atoms with van der Waals surface area (Å²) in [5, 5.41) is 7.83. The molecule has 1 aromatic heterocycles. The molecule has 0 spiro atoms. The number of aromatic nitrogens is 1. The van der Waals surface area contributed by atoms with Crippen LogP contribution in [0.15, 0.2) is 30.5 Å². The van der Waals surface area contributed by atoms with E-state index < -0.39 is 41.2 Å². The van der Waals surface area contributed by atoms with E-state index in [9.17, 15) is 22.8 Å².